The smallest absolute Gasteiger partial charge is 0.224 e. The predicted molar refractivity (Wildman–Crippen MR) is 99.5 cm³/mol. The summed E-state index contributed by atoms with van der Waals surface area (Å²) in [5, 5.41) is 3.43. The lowest BCUT2D eigenvalue weighted by atomic mass is 10.1. The van der Waals surface area contributed by atoms with Crippen LogP contribution in [0.5, 0.6) is 0 Å². The first-order valence-electron chi connectivity index (χ1n) is 9.07. The molecule has 0 radical (unpaired) electrons. The third-order valence-corrected chi connectivity index (χ3v) is 4.48. The van der Waals surface area contributed by atoms with Crippen molar-refractivity contribution in [2.24, 2.45) is 0 Å². The highest BCUT2D eigenvalue weighted by molar-refractivity contribution is 5.80. The van der Waals surface area contributed by atoms with Gasteiger partial charge in [-0.2, -0.15) is 0 Å². The normalized spacial score (nSPS) is 17.1. The number of hydrogen-bond donors (Lipinski definition) is 1. The van der Waals surface area contributed by atoms with Crippen molar-refractivity contribution in [3.8, 4) is 0 Å². The number of carbonyl (C=O) groups excluding carboxylic acids is 1. The summed E-state index contributed by atoms with van der Waals surface area (Å²) in [4.78, 5) is 23.2. The van der Waals surface area contributed by atoms with E-state index in [9.17, 15) is 4.79 Å². The Kier molecular flexibility index (Phi) is 5.64. The van der Waals surface area contributed by atoms with Gasteiger partial charge in [-0.3, -0.25) is 4.79 Å². The van der Waals surface area contributed by atoms with Crippen LogP contribution in [0.2, 0.25) is 0 Å². The second kappa shape index (κ2) is 8.10. The van der Waals surface area contributed by atoms with E-state index in [2.05, 4.69) is 34.3 Å². The van der Waals surface area contributed by atoms with E-state index in [0.717, 1.165) is 49.7 Å². The fraction of sp³-hybridized carbons (Fsp3) is 0.450. The molecule has 0 aliphatic carbocycles. The average Bonchev–Trinajstić information content (AvgIpc) is 2.93. The van der Waals surface area contributed by atoms with Crippen LogP contribution in [-0.4, -0.2) is 39.9 Å². The molecule has 2 aromatic rings. The van der Waals surface area contributed by atoms with E-state index in [1.165, 1.54) is 5.56 Å². The Hall–Kier alpha value is -2.43. The minimum atomic E-state index is 0.118. The van der Waals surface area contributed by atoms with Crippen LogP contribution in [0.25, 0.3) is 0 Å². The van der Waals surface area contributed by atoms with Crippen LogP contribution in [0, 0.1) is 6.92 Å². The molecule has 1 saturated heterocycles. The van der Waals surface area contributed by atoms with Gasteiger partial charge in [0.2, 0.25) is 5.91 Å². The van der Waals surface area contributed by atoms with Crippen LogP contribution in [0.15, 0.2) is 36.4 Å². The molecule has 5 heteroatoms. The van der Waals surface area contributed by atoms with Gasteiger partial charge in [-0.05, 0) is 25.3 Å². The number of nitrogens with zero attached hydrogens (tertiary/aromatic N) is 3. The number of aryl methyl sites for hydroxylation is 2. The standard InChI is InChI=1S/C20H26N4O/c1-3-7-17-12-19(22-15(2)21-17)23-18-13-20(25)24(14-18)11-10-16-8-5-4-6-9-16/h4-6,8-9,12,18H,3,7,10-11,13-14H2,1-2H3,(H,21,22,23). The van der Waals surface area contributed by atoms with E-state index < -0.39 is 0 Å². The summed E-state index contributed by atoms with van der Waals surface area (Å²) in [6, 6.07) is 12.4. The molecule has 25 heavy (non-hydrogen) atoms. The van der Waals surface area contributed by atoms with E-state index in [-0.39, 0.29) is 11.9 Å². The van der Waals surface area contributed by atoms with E-state index in [1.54, 1.807) is 0 Å². The fourth-order valence-corrected chi connectivity index (χ4v) is 3.29. The summed E-state index contributed by atoms with van der Waals surface area (Å²) in [5.41, 5.74) is 2.32. The van der Waals surface area contributed by atoms with Gasteiger partial charge in [0, 0.05) is 31.3 Å². The number of likely N-dealkylation sites (tertiary alicyclic amines) is 1. The number of amides is 1. The maximum atomic E-state index is 12.3. The highest BCUT2D eigenvalue weighted by Crippen LogP contribution is 2.17. The van der Waals surface area contributed by atoms with Crippen molar-refractivity contribution < 1.29 is 4.79 Å². The van der Waals surface area contributed by atoms with E-state index in [0.29, 0.717) is 6.42 Å². The molecule has 1 aromatic carbocycles. The summed E-state index contributed by atoms with van der Waals surface area (Å²) in [6.07, 6.45) is 3.43. The third-order valence-electron chi connectivity index (χ3n) is 4.48. The maximum Gasteiger partial charge on any atom is 0.224 e. The van der Waals surface area contributed by atoms with Gasteiger partial charge in [-0.15, -0.1) is 0 Å². The molecule has 5 nitrogen and oxygen atoms in total. The Balaban J connectivity index is 1.57. The predicted octanol–water partition coefficient (Wildman–Crippen LogP) is 2.99. The molecule has 1 N–H and O–H groups in total. The number of rotatable bonds is 7. The summed E-state index contributed by atoms with van der Waals surface area (Å²) in [6.45, 7) is 5.56. The second-order valence-electron chi connectivity index (χ2n) is 6.66. The van der Waals surface area contributed by atoms with Crippen LogP contribution in [0.3, 0.4) is 0 Å². The van der Waals surface area contributed by atoms with Crippen molar-refractivity contribution >= 4 is 11.7 Å². The van der Waals surface area contributed by atoms with E-state index in [4.69, 9.17) is 0 Å². The molecule has 2 heterocycles. The molecule has 1 aliphatic heterocycles. The minimum absolute atomic E-state index is 0.118. The highest BCUT2D eigenvalue weighted by Gasteiger charge is 2.29. The monoisotopic (exact) mass is 338 g/mol. The lowest BCUT2D eigenvalue weighted by molar-refractivity contribution is -0.127. The van der Waals surface area contributed by atoms with Crippen molar-refractivity contribution in [3.05, 3.63) is 53.5 Å². The molecule has 1 aromatic heterocycles. The number of nitrogens with one attached hydrogen (secondary N) is 1. The zero-order valence-corrected chi connectivity index (χ0v) is 15.0. The number of hydrogen-bond acceptors (Lipinski definition) is 4. The van der Waals surface area contributed by atoms with Crippen molar-refractivity contribution in [2.45, 2.75) is 45.6 Å². The maximum absolute atomic E-state index is 12.3. The molecule has 1 aliphatic rings. The number of carbonyl (C=O) groups is 1. The Morgan fingerprint density at radius 1 is 1.20 bits per heavy atom. The molecule has 1 unspecified atom stereocenters. The molecule has 3 rings (SSSR count). The highest BCUT2D eigenvalue weighted by atomic mass is 16.2. The Morgan fingerprint density at radius 2 is 2.00 bits per heavy atom. The van der Waals surface area contributed by atoms with Crippen molar-refractivity contribution in [1.82, 2.24) is 14.9 Å². The van der Waals surface area contributed by atoms with Gasteiger partial charge >= 0.3 is 0 Å². The summed E-state index contributed by atoms with van der Waals surface area (Å²) < 4.78 is 0. The SMILES string of the molecule is CCCc1cc(NC2CC(=O)N(CCc3ccccc3)C2)nc(C)n1. The molecular weight excluding hydrogens is 312 g/mol. The van der Waals surface area contributed by atoms with Crippen molar-refractivity contribution in [2.75, 3.05) is 18.4 Å². The van der Waals surface area contributed by atoms with Gasteiger partial charge in [0.05, 0.1) is 6.04 Å². The first kappa shape index (κ1) is 17.4. The van der Waals surface area contributed by atoms with E-state index in [1.807, 2.05) is 36.1 Å². The molecule has 1 fully saturated rings. The molecule has 0 bridgehead atoms. The number of aromatic nitrogens is 2. The Bertz CT molecular complexity index is 717. The third kappa shape index (κ3) is 4.78. The first-order chi connectivity index (χ1) is 12.1. The Morgan fingerprint density at radius 3 is 2.76 bits per heavy atom. The molecule has 1 atom stereocenters. The molecule has 0 spiro atoms. The largest absolute Gasteiger partial charge is 0.365 e. The first-order valence-corrected chi connectivity index (χ1v) is 9.07. The van der Waals surface area contributed by atoms with Crippen molar-refractivity contribution in [1.29, 1.82) is 0 Å². The average molecular weight is 338 g/mol. The zero-order chi connectivity index (χ0) is 17.6. The number of anilines is 1. The summed E-state index contributed by atoms with van der Waals surface area (Å²) >= 11 is 0. The lowest BCUT2D eigenvalue weighted by Gasteiger charge is -2.17. The zero-order valence-electron chi connectivity index (χ0n) is 15.0. The number of benzene rings is 1. The van der Waals surface area contributed by atoms with Gasteiger partial charge in [-0.25, -0.2) is 9.97 Å². The molecule has 132 valence electrons. The molecule has 0 saturated carbocycles. The summed E-state index contributed by atoms with van der Waals surface area (Å²) in [7, 11) is 0. The van der Waals surface area contributed by atoms with Crippen LogP contribution >= 0.6 is 0 Å². The molecular formula is C20H26N4O. The lowest BCUT2D eigenvalue weighted by Crippen LogP contribution is -2.30. The van der Waals surface area contributed by atoms with Gasteiger partial charge in [0.1, 0.15) is 11.6 Å². The quantitative estimate of drug-likeness (QED) is 0.843. The molecule has 1 amide bonds. The minimum Gasteiger partial charge on any atom is -0.365 e. The van der Waals surface area contributed by atoms with Crippen LogP contribution < -0.4 is 5.32 Å². The van der Waals surface area contributed by atoms with Crippen molar-refractivity contribution in [3.63, 3.8) is 0 Å². The second-order valence-corrected chi connectivity index (χ2v) is 6.66. The Labute approximate surface area is 149 Å². The van der Waals surface area contributed by atoms with E-state index >= 15 is 0 Å². The van der Waals surface area contributed by atoms with Crippen LogP contribution in [0.4, 0.5) is 5.82 Å². The van der Waals surface area contributed by atoms with Gasteiger partial charge < -0.3 is 10.2 Å². The van der Waals surface area contributed by atoms with Crippen LogP contribution in [0.1, 0.15) is 36.8 Å². The summed E-state index contributed by atoms with van der Waals surface area (Å²) in [5.74, 6) is 1.82. The van der Waals surface area contributed by atoms with Crippen LogP contribution in [-0.2, 0) is 17.6 Å². The van der Waals surface area contributed by atoms with Gasteiger partial charge in [-0.1, -0.05) is 43.7 Å². The fourth-order valence-electron chi connectivity index (χ4n) is 3.29. The van der Waals surface area contributed by atoms with Gasteiger partial charge in [0.25, 0.3) is 0 Å². The van der Waals surface area contributed by atoms with Gasteiger partial charge in [0.15, 0.2) is 0 Å². The topological polar surface area (TPSA) is 58.1 Å².